The zero-order chi connectivity index (χ0) is 20.4. The molecule has 0 unspecified atom stereocenters. The lowest BCUT2D eigenvalue weighted by atomic mass is 10.0. The molecule has 0 aliphatic heterocycles. The van der Waals surface area contributed by atoms with Crippen molar-refractivity contribution in [1.82, 2.24) is 9.38 Å². The number of aromatic nitrogens is 2. The summed E-state index contributed by atoms with van der Waals surface area (Å²) in [5, 5.41) is 0. The predicted octanol–water partition coefficient (Wildman–Crippen LogP) is 4.29. The van der Waals surface area contributed by atoms with Crippen molar-refractivity contribution in [2.24, 2.45) is 0 Å². The number of aryl methyl sites for hydroxylation is 2. The van der Waals surface area contributed by atoms with Crippen LogP contribution in [-0.2, 0) is 16.3 Å². The third-order valence-corrected chi connectivity index (χ3v) is 6.90. The van der Waals surface area contributed by atoms with Crippen molar-refractivity contribution in [3.63, 3.8) is 0 Å². The average molecular weight is 404 g/mol. The maximum Gasteiger partial charge on any atom is 0.206 e. The van der Waals surface area contributed by atoms with Crippen LogP contribution in [0, 0.1) is 6.92 Å². The fourth-order valence-corrected chi connectivity index (χ4v) is 4.81. The summed E-state index contributed by atoms with van der Waals surface area (Å²) in [5.74, 6) is 0.0391. The van der Waals surface area contributed by atoms with Gasteiger partial charge in [0.2, 0.25) is 9.84 Å². The van der Waals surface area contributed by atoms with Gasteiger partial charge >= 0.3 is 0 Å². The number of ketones is 1. The van der Waals surface area contributed by atoms with E-state index in [0.29, 0.717) is 23.3 Å². The van der Waals surface area contributed by atoms with Crippen LogP contribution < -0.4 is 0 Å². The zero-order valence-corrected chi connectivity index (χ0v) is 16.8. The number of pyridine rings is 1. The van der Waals surface area contributed by atoms with Gasteiger partial charge in [0.05, 0.1) is 9.79 Å². The highest BCUT2D eigenvalue weighted by Crippen LogP contribution is 2.24. The average Bonchev–Trinajstić information content (AvgIpc) is 3.20. The Morgan fingerprint density at radius 2 is 1.76 bits per heavy atom. The molecule has 4 rings (SSSR count). The van der Waals surface area contributed by atoms with E-state index in [1.807, 2.05) is 16.5 Å². The maximum atomic E-state index is 12.8. The molecule has 0 saturated carbocycles. The minimum absolute atomic E-state index is 0.0391. The van der Waals surface area contributed by atoms with Crippen LogP contribution >= 0.6 is 0 Å². The molecule has 0 atom stereocenters. The van der Waals surface area contributed by atoms with Crippen molar-refractivity contribution in [2.75, 3.05) is 0 Å². The lowest BCUT2D eigenvalue weighted by molar-refractivity contribution is 0.0982. The molecule has 0 N–H and O–H groups in total. The van der Waals surface area contributed by atoms with Crippen molar-refractivity contribution in [3.05, 3.63) is 95.9 Å². The molecule has 2 aromatic heterocycles. The summed E-state index contributed by atoms with van der Waals surface area (Å²) in [6.45, 7) is 1.79. The van der Waals surface area contributed by atoms with Gasteiger partial charge in [-0.1, -0.05) is 30.3 Å². The summed E-state index contributed by atoms with van der Waals surface area (Å²) in [6.07, 6.45) is 6.17. The molecule has 0 aliphatic rings. The molecule has 0 aliphatic carbocycles. The number of hydrogen-bond donors (Lipinski definition) is 0. The normalized spacial score (nSPS) is 11.6. The molecule has 2 aromatic carbocycles. The number of carbonyl (C=O) groups excluding carboxylic acids is 1. The van der Waals surface area contributed by atoms with Crippen molar-refractivity contribution in [1.29, 1.82) is 0 Å². The van der Waals surface area contributed by atoms with E-state index >= 15 is 0 Å². The minimum atomic E-state index is -3.55. The molecule has 0 fully saturated rings. The summed E-state index contributed by atoms with van der Waals surface area (Å²) in [4.78, 5) is 17.2. The largest absolute Gasteiger partial charge is 0.306 e. The number of rotatable bonds is 6. The summed E-state index contributed by atoms with van der Waals surface area (Å²) < 4.78 is 27.5. The Morgan fingerprint density at radius 3 is 2.52 bits per heavy atom. The van der Waals surface area contributed by atoms with Gasteiger partial charge in [-0.15, -0.1) is 0 Å². The van der Waals surface area contributed by atoms with Gasteiger partial charge in [-0.2, -0.15) is 0 Å². The van der Waals surface area contributed by atoms with E-state index in [2.05, 4.69) is 4.98 Å². The molecule has 0 radical (unpaired) electrons. The molecule has 0 amide bonds. The number of nitrogens with zero attached hydrogens (tertiary/aromatic N) is 2. The van der Waals surface area contributed by atoms with Crippen LogP contribution in [0.4, 0.5) is 0 Å². The molecule has 0 bridgehead atoms. The van der Waals surface area contributed by atoms with Crippen LogP contribution in [-0.4, -0.2) is 23.6 Å². The Kier molecular flexibility index (Phi) is 5.03. The van der Waals surface area contributed by atoms with Gasteiger partial charge in [0, 0.05) is 30.6 Å². The Hall–Kier alpha value is -3.25. The van der Waals surface area contributed by atoms with Crippen molar-refractivity contribution < 1.29 is 13.2 Å². The third-order valence-electron chi connectivity index (χ3n) is 4.97. The predicted molar refractivity (Wildman–Crippen MR) is 111 cm³/mol. The number of benzene rings is 2. The lowest BCUT2D eigenvalue weighted by Crippen LogP contribution is -2.05. The monoisotopic (exact) mass is 404 g/mol. The highest BCUT2D eigenvalue weighted by Gasteiger charge is 2.19. The molecule has 0 saturated heterocycles. The number of carbonyl (C=O) groups is 1. The second-order valence-corrected chi connectivity index (χ2v) is 8.86. The van der Waals surface area contributed by atoms with E-state index < -0.39 is 9.84 Å². The number of Topliss-reactive ketones (excluding diaryl/α,β-unsaturated/α-hetero) is 1. The standard InChI is InChI=1S/C23H20N2O3S/c1-17-4-2-3-5-22(17)29(27,28)20-10-6-18(7-11-20)8-12-21(26)19-9-13-23-24-14-15-25(23)16-19/h2-7,9-11,13-16H,8,12H2,1H3. The van der Waals surface area contributed by atoms with Gasteiger partial charge in [-0.05, 0) is 54.8 Å². The summed E-state index contributed by atoms with van der Waals surface area (Å²) in [5.41, 5.74) is 3.07. The summed E-state index contributed by atoms with van der Waals surface area (Å²) in [6, 6.07) is 17.3. The number of fused-ring (bicyclic) bond motifs is 1. The molecule has 0 spiro atoms. The summed E-state index contributed by atoms with van der Waals surface area (Å²) in [7, 11) is -3.55. The van der Waals surface area contributed by atoms with Crippen molar-refractivity contribution >= 4 is 21.3 Å². The first kappa shape index (κ1) is 19.1. The number of hydrogen-bond acceptors (Lipinski definition) is 4. The van der Waals surface area contributed by atoms with E-state index in [4.69, 9.17) is 0 Å². The number of imidazole rings is 1. The van der Waals surface area contributed by atoms with E-state index in [1.165, 1.54) is 0 Å². The van der Waals surface area contributed by atoms with Crippen LogP contribution in [0.15, 0.2) is 89.0 Å². The lowest BCUT2D eigenvalue weighted by Gasteiger charge is -2.08. The Balaban J connectivity index is 1.47. The molecule has 2 heterocycles. The van der Waals surface area contributed by atoms with Gasteiger partial charge in [0.25, 0.3) is 0 Å². The van der Waals surface area contributed by atoms with Crippen molar-refractivity contribution in [3.8, 4) is 0 Å². The third kappa shape index (κ3) is 3.84. The van der Waals surface area contributed by atoms with Crippen LogP contribution in [0.1, 0.15) is 27.9 Å². The van der Waals surface area contributed by atoms with Gasteiger partial charge in [0.15, 0.2) is 5.78 Å². The molecule has 5 nitrogen and oxygen atoms in total. The molecular formula is C23H20N2O3S. The van der Waals surface area contributed by atoms with E-state index in [0.717, 1.165) is 16.8 Å². The van der Waals surface area contributed by atoms with E-state index in [-0.39, 0.29) is 10.7 Å². The van der Waals surface area contributed by atoms with Gasteiger partial charge in [0.1, 0.15) is 5.65 Å². The Morgan fingerprint density at radius 1 is 1.00 bits per heavy atom. The molecular weight excluding hydrogens is 384 g/mol. The SMILES string of the molecule is Cc1ccccc1S(=O)(=O)c1ccc(CCC(=O)c2ccc3nccn3c2)cc1. The first-order valence-electron chi connectivity index (χ1n) is 9.31. The topological polar surface area (TPSA) is 68.5 Å². The van der Waals surface area contributed by atoms with Gasteiger partial charge in [-0.25, -0.2) is 13.4 Å². The van der Waals surface area contributed by atoms with Crippen LogP contribution in [0.25, 0.3) is 5.65 Å². The quantitative estimate of drug-likeness (QED) is 0.450. The molecule has 29 heavy (non-hydrogen) atoms. The minimum Gasteiger partial charge on any atom is -0.306 e. The van der Waals surface area contributed by atoms with Gasteiger partial charge < -0.3 is 4.40 Å². The molecule has 146 valence electrons. The van der Waals surface area contributed by atoms with Crippen LogP contribution in [0.3, 0.4) is 0 Å². The summed E-state index contributed by atoms with van der Waals surface area (Å²) >= 11 is 0. The fourth-order valence-electron chi connectivity index (χ4n) is 3.31. The number of sulfone groups is 1. The highest BCUT2D eigenvalue weighted by molar-refractivity contribution is 7.91. The Labute approximate surface area is 169 Å². The van der Waals surface area contributed by atoms with E-state index in [1.54, 1.807) is 74.0 Å². The first-order valence-corrected chi connectivity index (χ1v) is 10.8. The highest BCUT2D eigenvalue weighted by atomic mass is 32.2. The maximum absolute atomic E-state index is 12.8. The zero-order valence-electron chi connectivity index (χ0n) is 15.9. The Bertz CT molecular complexity index is 1290. The van der Waals surface area contributed by atoms with Crippen molar-refractivity contribution in [2.45, 2.75) is 29.6 Å². The van der Waals surface area contributed by atoms with Crippen LogP contribution in [0.2, 0.25) is 0 Å². The van der Waals surface area contributed by atoms with Crippen LogP contribution in [0.5, 0.6) is 0 Å². The van der Waals surface area contributed by atoms with E-state index in [9.17, 15) is 13.2 Å². The molecule has 4 aromatic rings. The second kappa shape index (κ2) is 7.64. The molecule has 6 heteroatoms. The smallest absolute Gasteiger partial charge is 0.206 e. The second-order valence-electron chi connectivity index (χ2n) is 6.95. The fraction of sp³-hybridized carbons (Fsp3) is 0.130. The van der Waals surface area contributed by atoms with Gasteiger partial charge in [-0.3, -0.25) is 4.79 Å². The first-order chi connectivity index (χ1) is 13.9.